The maximum Gasteiger partial charge on any atom is 0.133 e. The molecule has 2 aliphatic rings. The highest BCUT2D eigenvalue weighted by atomic mass is 32.2. The molecule has 2 fully saturated rings. The smallest absolute Gasteiger partial charge is 0.133 e. The zero-order valence-corrected chi connectivity index (χ0v) is 13.1. The van der Waals surface area contributed by atoms with Crippen LogP contribution >= 0.6 is 0 Å². The Hall–Kier alpha value is -0.940. The maximum absolute atomic E-state index is 11.5. The van der Waals surface area contributed by atoms with Gasteiger partial charge in [0.15, 0.2) is 0 Å². The lowest BCUT2D eigenvalue weighted by molar-refractivity contribution is 0.665. The Morgan fingerprint density at radius 2 is 2.05 bits per heavy atom. The molecule has 1 saturated heterocycles. The Morgan fingerprint density at radius 3 is 2.70 bits per heavy atom. The van der Waals surface area contributed by atoms with Crippen molar-refractivity contribution in [2.75, 3.05) is 29.5 Å². The van der Waals surface area contributed by atoms with Crippen LogP contribution in [0.1, 0.15) is 29.7 Å². The van der Waals surface area contributed by atoms with Gasteiger partial charge in [0, 0.05) is 59.2 Å². The van der Waals surface area contributed by atoms with Crippen LogP contribution in [0.2, 0.25) is 0 Å². The van der Waals surface area contributed by atoms with Crippen molar-refractivity contribution < 1.29 is 4.21 Å². The van der Waals surface area contributed by atoms with E-state index in [1.165, 1.54) is 24.0 Å². The van der Waals surface area contributed by atoms with E-state index in [4.69, 9.17) is 4.98 Å². The first-order valence-corrected chi connectivity index (χ1v) is 8.92. The highest BCUT2D eigenvalue weighted by Crippen LogP contribution is 2.26. The van der Waals surface area contributed by atoms with Gasteiger partial charge >= 0.3 is 0 Å². The van der Waals surface area contributed by atoms with Gasteiger partial charge in [0.25, 0.3) is 0 Å². The van der Waals surface area contributed by atoms with Crippen LogP contribution in [0.4, 0.5) is 5.82 Å². The van der Waals surface area contributed by atoms with Crippen molar-refractivity contribution in [3.8, 4) is 0 Å². The standard InChI is InChI=1S/C15H23N3OS/c1-11-9-12(2)17-15(14(11)10-16-13-3-4-13)18-5-7-20(19)8-6-18/h9,13,16H,3-8,10H2,1-2H3. The molecule has 20 heavy (non-hydrogen) atoms. The van der Waals surface area contributed by atoms with E-state index in [-0.39, 0.29) is 0 Å². The molecule has 1 aliphatic heterocycles. The van der Waals surface area contributed by atoms with Gasteiger partial charge in [-0.25, -0.2) is 4.98 Å². The lowest BCUT2D eigenvalue weighted by atomic mass is 10.1. The summed E-state index contributed by atoms with van der Waals surface area (Å²) in [7, 11) is -0.638. The fourth-order valence-electron chi connectivity index (χ4n) is 2.71. The van der Waals surface area contributed by atoms with Gasteiger partial charge in [0.1, 0.15) is 5.82 Å². The number of pyridine rings is 1. The Morgan fingerprint density at radius 1 is 1.35 bits per heavy atom. The molecule has 2 heterocycles. The van der Waals surface area contributed by atoms with E-state index >= 15 is 0 Å². The van der Waals surface area contributed by atoms with Crippen molar-refractivity contribution in [1.82, 2.24) is 10.3 Å². The Kier molecular flexibility index (Phi) is 4.08. The number of hydrogen-bond acceptors (Lipinski definition) is 4. The summed E-state index contributed by atoms with van der Waals surface area (Å²) >= 11 is 0. The SMILES string of the molecule is Cc1cc(C)c(CNC2CC2)c(N2CCS(=O)CC2)n1. The number of nitrogens with zero attached hydrogens (tertiary/aromatic N) is 2. The zero-order valence-electron chi connectivity index (χ0n) is 12.3. The number of aryl methyl sites for hydroxylation is 2. The second-order valence-corrected chi connectivity index (χ2v) is 7.57. The van der Waals surface area contributed by atoms with Crippen molar-refractivity contribution in [3.63, 3.8) is 0 Å². The summed E-state index contributed by atoms with van der Waals surface area (Å²) in [4.78, 5) is 7.08. The van der Waals surface area contributed by atoms with Gasteiger partial charge in [-0.05, 0) is 38.3 Å². The summed E-state index contributed by atoms with van der Waals surface area (Å²) in [5.41, 5.74) is 3.70. The molecule has 0 amide bonds. The van der Waals surface area contributed by atoms with Gasteiger partial charge < -0.3 is 10.2 Å². The van der Waals surface area contributed by atoms with Crippen LogP contribution in [0.25, 0.3) is 0 Å². The van der Waals surface area contributed by atoms with E-state index in [2.05, 4.69) is 30.1 Å². The van der Waals surface area contributed by atoms with Gasteiger partial charge in [-0.15, -0.1) is 0 Å². The highest BCUT2D eigenvalue weighted by Gasteiger charge is 2.24. The number of nitrogens with one attached hydrogen (secondary N) is 1. The van der Waals surface area contributed by atoms with Crippen LogP contribution in [0, 0.1) is 13.8 Å². The van der Waals surface area contributed by atoms with Gasteiger partial charge in [-0.3, -0.25) is 4.21 Å². The largest absolute Gasteiger partial charge is 0.354 e. The average molecular weight is 293 g/mol. The monoisotopic (exact) mass is 293 g/mol. The molecule has 0 atom stereocenters. The van der Waals surface area contributed by atoms with E-state index in [1.54, 1.807) is 0 Å². The predicted molar refractivity (Wildman–Crippen MR) is 83.7 cm³/mol. The molecule has 1 aromatic heterocycles. The molecule has 4 nitrogen and oxygen atoms in total. The van der Waals surface area contributed by atoms with Crippen molar-refractivity contribution >= 4 is 16.6 Å². The maximum atomic E-state index is 11.5. The van der Waals surface area contributed by atoms with Crippen LogP contribution in [-0.4, -0.2) is 39.8 Å². The molecule has 0 bridgehead atoms. The average Bonchev–Trinajstić information content (AvgIpc) is 3.22. The molecular formula is C15H23N3OS. The number of hydrogen-bond donors (Lipinski definition) is 1. The van der Waals surface area contributed by atoms with E-state index < -0.39 is 10.8 Å². The molecule has 110 valence electrons. The summed E-state index contributed by atoms with van der Waals surface area (Å²) in [5.74, 6) is 2.64. The molecule has 0 radical (unpaired) electrons. The second-order valence-electron chi connectivity index (χ2n) is 5.87. The van der Waals surface area contributed by atoms with E-state index in [0.717, 1.165) is 42.7 Å². The number of anilines is 1. The minimum Gasteiger partial charge on any atom is -0.354 e. The first-order valence-electron chi connectivity index (χ1n) is 7.44. The Labute approximate surface area is 123 Å². The van der Waals surface area contributed by atoms with Crippen LogP contribution in [-0.2, 0) is 17.3 Å². The third-order valence-corrected chi connectivity index (χ3v) is 5.35. The van der Waals surface area contributed by atoms with E-state index in [1.807, 2.05) is 0 Å². The van der Waals surface area contributed by atoms with Crippen LogP contribution < -0.4 is 10.2 Å². The fraction of sp³-hybridized carbons (Fsp3) is 0.667. The predicted octanol–water partition coefficient (Wildman–Crippen LogP) is 1.52. The molecule has 0 aromatic carbocycles. The summed E-state index contributed by atoms with van der Waals surface area (Å²) < 4.78 is 11.5. The fourth-order valence-corrected chi connectivity index (χ4v) is 3.76. The van der Waals surface area contributed by atoms with Crippen molar-refractivity contribution in [1.29, 1.82) is 0 Å². The summed E-state index contributed by atoms with van der Waals surface area (Å²) in [6, 6.07) is 2.87. The van der Waals surface area contributed by atoms with Crippen molar-refractivity contribution in [2.24, 2.45) is 0 Å². The second kappa shape index (κ2) is 5.82. The normalized spacial score (nSPS) is 20.4. The number of aromatic nitrogens is 1. The van der Waals surface area contributed by atoms with Crippen molar-refractivity contribution in [2.45, 2.75) is 39.3 Å². The molecule has 3 rings (SSSR count). The molecule has 1 aliphatic carbocycles. The number of rotatable bonds is 4. The molecule has 5 heteroatoms. The zero-order chi connectivity index (χ0) is 14.1. The van der Waals surface area contributed by atoms with E-state index in [9.17, 15) is 4.21 Å². The Bertz CT molecular complexity index is 518. The van der Waals surface area contributed by atoms with Gasteiger partial charge in [0.2, 0.25) is 0 Å². The quantitative estimate of drug-likeness (QED) is 0.914. The third kappa shape index (κ3) is 3.20. The van der Waals surface area contributed by atoms with Gasteiger partial charge in [0.05, 0.1) is 0 Å². The molecule has 1 saturated carbocycles. The first-order chi connectivity index (χ1) is 9.63. The summed E-state index contributed by atoms with van der Waals surface area (Å²) in [5, 5.41) is 3.59. The summed E-state index contributed by atoms with van der Waals surface area (Å²) in [6.45, 7) is 6.84. The molecular weight excluding hydrogens is 270 g/mol. The lowest BCUT2D eigenvalue weighted by Gasteiger charge is -2.30. The van der Waals surface area contributed by atoms with Crippen LogP contribution in [0.3, 0.4) is 0 Å². The first kappa shape index (κ1) is 14.0. The minimum atomic E-state index is -0.638. The highest BCUT2D eigenvalue weighted by molar-refractivity contribution is 7.85. The lowest BCUT2D eigenvalue weighted by Crippen LogP contribution is -2.39. The molecule has 1 N–H and O–H groups in total. The van der Waals surface area contributed by atoms with Gasteiger partial charge in [-0.2, -0.15) is 0 Å². The molecule has 0 unspecified atom stereocenters. The van der Waals surface area contributed by atoms with Crippen LogP contribution in [0.5, 0.6) is 0 Å². The minimum absolute atomic E-state index is 0.638. The van der Waals surface area contributed by atoms with Crippen molar-refractivity contribution in [3.05, 3.63) is 22.9 Å². The molecule has 1 aromatic rings. The van der Waals surface area contributed by atoms with Gasteiger partial charge in [-0.1, -0.05) is 0 Å². The third-order valence-electron chi connectivity index (χ3n) is 4.08. The van der Waals surface area contributed by atoms with E-state index in [0.29, 0.717) is 6.04 Å². The van der Waals surface area contributed by atoms with Crippen LogP contribution in [0.15, 0.2) is 6.07 Å². The molecule has 0 spiro atoms. The Balaban J connectivity index is 1.84. The summed E-state index contributed by atoms with van der Waals surface area (Å²) in [6.07, 6.45) is 2.60. The topological polar surface area (TPSA) is 45.2 Å².